The number of nitrogens with one attached hydrogen (secondary N) is 1. The van der Waals surface area contributed by atoms with Crippen molar-refractivity contribution in [2.75, 3.05) is 18.1 Å². The molecule has 15 heavy (non-hydrogen) atoms. The average molecular weight is 237 g/mol. The summed E-state index contributed by atoms with van der Waals surface area (Å²) in [4.78, 5) is 0. The zero-order chi connectivity index (χ0) is 11.5. The van der Waals surface area contributed by atoms with Crippen LogP contribution in [0.2, 0.25) is 0 Å². The standard InChI is InChI=1S/C9H19NO4S/c1-7(3-2-4-11)10-8-5-15(13,14)6-9(8)12/h7-12H,2-6H2,1H3. The van der Waals surface area contributed by atoms with Gasteiger partial charge in [0.1, 0.15) is 0 Å². The summed E-state index contributed by atoms with van der Waals surface area (Å²) >= 11 is 0. The van der Waals surface area contributed by atoms with E-state index in [4.69, 9.17) is 5.11 Å². The van der Waals surface area contributed by atoms with Crippen molar-refractivity contribution in [2.45, 2.75) is 38.0 Å². The van der Waals surface area contributed by atoms with E-state index in [0.29, 0.717) is 6.42 Å². The highest BCUT2D eigenvalue weighted by molar-refractivity contribution is 7.91. The van der Waals surface area contributed by atoms with Crippen LogP contribution >= 0.6 is 0 Å². The Bertz CT molecular complexity index is 290. The second kappa shape index (κ2) is 5.25. The van der Waals surface area contributed by atoms with Gasteiger partial charge in [-0.1, -0.05) is 0 Å². The molecule has 0 aromatic heterocycles. The number of rotatable bonds is 5. The molecule has 1 heterocycles. The van der Waals surface area contributed by atoms with Crippen LogP contribution in [0.3, 0.4) is 0 Å². The topological polar surface area (TPSA) is 86.6 Å². The second-order valence-electron chi connectivity index (χ2n) is 4.18. The first kappa shape index (κ1) is 12.9. The molecule has 1 aliphatic heterocycles. The Morgan fingerprint density at radius 3 is 2.60 bits per heavy atom. The maximum atomic E-state index is 11.2. The zero-order valence-corrected chi connectivity index (χ0v) is 9.70. The Morgan fingerprint density at radius 1 is 1.47 bits per heavy atom. The predicted molar refractivity (Wildman–Crippen MR) is 57.4 cm³/mol. The van der Waals surface area contributed by atoms with Gasteiger partial charge >= 0.3 is 0 Å². The summed E-state index contributed by atoms with van der Waals surface area (Å²) in [5.41, 5.74) is 0. The molecule has 1 rings (SSSR count). The third kappa shape index (κ3) is 4.06. The summed E-state index contributed by atoms with van der Waals surface area (Å²) < 4.78 is 22.4. The predicted octanol–water partition coefficient (Wildman–Crippen LogP) is -1.11. The van der Waals surface area contributed by atoms with Crippen LogP contribution in [0.15, 0.2) is 0 Å². The largest absolute Gasteiger partial charge is 0.396 e. The van der Waals surface area contributed by atoms with E-state index in [9.17, 15) is 13.5 Å². The molecule has 0 spiro atoms. The van der Waals surface area contributed by atoms with Crippen molar-refractivity contribution >= 4 is 9.84 Å². The van der Waals surface area contributed by atoms with E-state index in [1.54, 1.807) is 0 Å². The molecule has 0 saturated carbocycles. The third-order valence-electron chi connectivity index (χ3n) is 2.62. The van der Waals surface area contributed by atoms with E-state index in [1.807, 2.05) is 6.92 Å². The van der Waals surface area contributed by atoms with Gasteiger partial charge in [-0.2, -0.15) is 0 Å². The molecule has 0 radical (unpaired) electrons. The summed E-state index contributed by atoms with van der Waals surface area (Å²) in [6, 6.07) is -0.242. The highest BCUT2D eigenvalue weighted by atomic mass is 32.2. The molecule has 0 aromatic rings. The normalized spacial score (nSPS) is 31.7. The van der Waals surface area contributed by atoms with E-state index in [2.05, 4.69) is 5.32 Å². The van der Waals surface area contributed by atoms with Crippen molar-refractivity contribution in [3.63, 3.8) is 0 Å². The summed E-state index contributed by atoms with van der Waals surface area (Å²) in [7, 11) is -3.07. The monoisotopic (exact) mass is 237 g/mol. The minimum Gasteiger partial charge on any atom is -0.396 e. The number of aliphatic hydroxyl groups excluding tert-OH is 2. The molecule has 3 atom stereocenters. The first-order valence-corrected chi connectivity index (χ1v) is 7.02. The number of hydrogen-bond acceptors (Lipinski definition) is 5. The zero-order valence-electron chi connectivity index (χ0n) is 8.89. The lowest BCUT2D eigenvalue weighted by atomic mass is 10.1. The lowest BCUT2D eigenvalue weighted by Crippen LogP contribution is -2.43. The molecular formula is C9H19NO4S. The highest BCUT2D eigenvalue weighted by Crippen LogP contribution is 2.13. The first-order valence-electron chi connectivity index (χ1n) is 5.20. The Balaban J connectivity index is 2.39. The van der Waals surface area contributed by atoms with Gasteiger partial charge in [0.2, 0.25) is 0 Å². The molecule has 90 valence electrons. The average Bonchev–Trinajstić information content (AvgIpc) is 2.36. The molecule has 1 fully saturated rings. The quantitative estimate of drug-likeness (QED) is 0.565. The second-order valence-corrected chi connectivity index (χ2v) is 6.34. The van der Waals surface area contributed by atoms with Crippen molar-refractivity contribution in [1.82, 2.24) is 5.32 Å². The van der Waals surface area contributed by atoms with E-state index < -0.39 is 15.9 Å². The molecular weight excluding hydrogens is 218 g/mol. The van der Waals surface area contributed by atoms with Gasteiger partial charge in [-0.25, -0.2) is 8.42 Å². The van der Waals surface area contributed by atoms with Crippen molar-refractivity contribution in [3.8, 4) is 0 Å². The molecule has 3 unspecified atom stereocenters. The Labute approximate surface area is 90.4 Å². The van der Waals surface area contributed by atoms with Crippen LogP contribution in [0.5, 0.6) is 0 Å². The Hall–Kier alpha value is -0.170. The van der Waals surface area contributed by atoms with E-state index in [-0.39, 0.29) is 30.2 Å². The Morgan fingerprint density at radius 2 is 2.13 bits per heavy atom. The van der Waals surface area contributed by atoms with Gasteiger partial charge < -0.3 is 15.5 Å². The molecule has 1 saturated heterocycles. The lowest BCUT2D eigenvalue weighted by Gasteiger charge is -2.20. The van der Waals surface area contributed by atoms with Crippen LogP contribution < -0.4 is 5.32 Å². The van der Waals surface area contributed by atoms with Crippen LogP contribution in [0.25, 0.3) is 0 Å². The SMILES string of the molecule is CC(CCCO)NC1CS(=O)(=O)CC1O. The summed E-state index contributed by atoms with van der Waals surface area (Å²) in [5.74, 6) is -0.130. The maximum absolute atomic E-state index is 11.2. The number of aliphatic hydroxyl groups is 2. The Kier molecular flexibility index (Phi) is 4.51. The van der Waals surface area contributed by atoms with Crippen molar-refractivity contribution < 1.29 is 18.6 Å². The lowest BCUT2D eigenvalue weighted by molar-refractivity contribution is 0.158. The fourth-order valence-corrected chi connectivity index (χ4v) is 3.59. The van der Waals surface area contributed by atoms with Gasteiger partial charge in [-0.15, -0.1) is 0 Å². The van der Waals surface area contributed by atoms with Gasteiger partial charge in [0.15, 0.2) is 9.84 Å². The molecule has 6 heteroatoms. The maximum Gasteiger partial charge on any atom is 0.154 e. The number of hydrogen-bond donors (Lipinski definition) is 3. The van der Waals surface area contributed by atoms with Crippen molar-refractivity contribution in [2.24, 2.45) is 0 Å². The molecule has 1 aliphatic rings. The van der Waals surface area contributed by atoms with Gasteiger partial charge in [-0.3, -0.25) is 0 Å². The molecule has 3 N–H and O–H groups in total. The van der Waals surface area contributed by atoms with Crippen LogP contribution in [0, 0.1) is 0 Å². The van der Waals surface area contributed by atoms with Crippen LogP contribution in [0.1, 0.15) is 19.8 Å². The van der Waals surface area contributed by atoms with Crippen molar-refractivity contribution in [1.29, 1.82) is 0 Å². The molecule has 0 aromatic carbocycles. The van der Waals surface area contributed by atoms with Crippen molar-refractivity contribution in [3.05, 3.63) is 0 Å². The summed E-state index contributed by atoms with van der Waals surface area (Å²) in [6.45, 7) is 2.06. The number of sulfone groups is 1. The smallest absolute Gasteiger partial charge is 0.154 e. The van der Waals surface area contributed by atoms with E-state index in [0.717, 1.165) is 6.42 Å². The van der Waals surface area contributed by atoms with Gasteiger partial charge in [0.25, 0.3) is 0 Å². The van der Waals surface area contributed by atoms with E-state index in [1.165, 1.54) is 0 Å². The van der Waals surface area contributed by atoms with E-state index >= 15 is 0 Å². The highest BCUT2D eigenvalue weighted by Gasteiger charge is 2.36. The molecule has 0 amide bonds. The summed E-state index contributed by atoms with van der Waals surface area (Å²) in [6.07, 6.45) is 0.662. The van der Waals surface area contributed by atoms with Crippen LogP contribution in [-0.4, -0.2) is 54.9 Å². The fourth-order valence-electron chi connectivity index (χ4n) is 1.83. The fraction of sp³-hybridized carbons (Fsp3) is 1.00. The minimum atomic E-state index is -3.07. The van der Waals surface area contributed by atoms with Crippen LogP contribution in [-0.2, 0) is 9.84 Å². The van der Waals surface area contributed by atoms with Gasteiger partial charge in [0.05, 0.1) is 17.6 Å². The third-order valence-corrected chi connectivity index (χ3v) is 4.33. The molecule has 0 aliphatic carbocycles. The van der Waals surface area contributed by atoms with Gasteiger partial charge in [-0.05, 0) is 19.8 Å². The minimum absolute atomic E-state index is 0.0115. The van der Waals surface area contributed by atoms with Crippen LogP contribution in [0.4, 0.5) is 0 Å². The molecule has 5 nitrogen and oxygen atoms in total. The first-order chi connectivity index (χ1) is 6.94. The molecule has 0 bridgehead atoms. The van der Waals surface area contributed by atoms with Gasteiger partial charge in [0, 0.05) is 18.7 Å². The summed E-state index contributed by atoms with van der Waals surface area (Å²) in [5, 5.41) is 21.2.